The maximum absolute atomic E-state index is 13.3. The predicted molar refractivity (Wildman–Crippen MR) is 72.3 cm³/mol. The summed E-state index contributed by atoms with van der Waals surface area (Å²) in [4.78, 5) is 22.8. The van der Waals surface area contributed by atoms with E-state index in [0.29, 0.717) is 0 Å². The molecule has 1 aliphatic carbocycles. The predicted octanol–water partition coefficient (Wildman–Crippen LogP) is 2.85. The number of carboxylic acids is 1. The van der Waals surface area contributed by atoms with Crippen molar-refractivity contribution in [2.24, 2.45) is 5.41 Å². The van der Waals surface area contributed by atoms with E-state index in [1.165, 1.54) is 18.2 Å². The first-order chi connectivity index (χ1) is 9.43. The highest BCUT2D eigenvalue weighted by Crippen LogP contribution is 2.43. The highest BCUT2D eigenvalue weighted by atomic mass is 35.5. The minimum atomic E-state index is -0.872. The number of nitrogens with one attached hydrogen (secondary N) is 1. The zero-order valence-corrected chi connectivity index (χ0v) is 11.5. The molecule has 1 aliphatic rings. The minimum absolute atomic E-state index is 0.0319. The zero-order valence-electron chi connectivity index (χ0n) is 10.8. The van der Waals surface area contributed by atoms with Crippen LogP contribution in [0.1, 0.15) is 36.0 Å². The Hall–Kier alpha value is -1.62. The number of carbonyl (C=O) groups is 2. The van der Waals surface area contributed by atoms with Crippen molar-refractivity contribution in [3.63, 3.8) is 0 Å². The summed E-state index contributed by atoms with van der Waals surface area (Å²) in [7, 11) is 0. The summed E-state index contributed by atoms with van der Waals surface area (Å²) in [6.45, 7) is 0.269. The van der Waals surface area contributed by atoms with Crippen LogP contribution >= 0.6 is 11.6 Å². The third-order valence-electron chi connectivity index (χ3n) is 3.76. The quantitative estimate of drug-likeness (QED) is 0.878. The summed E-state index contributed by atoms with van der Waals surface area (Å²) in [6.07, 6.45) is 2.54. The number of amides is 1. The Morgan fingerprint density at radius 2 is 2.10 bits per heavy atom. The standard InChI is InChI=1S/C14H15ClFNO3/c15-12-9(3-1-4-10(12)16)13(20)17-8-14(5-2-6-14)7-11(18)19/h1,3-4H,2,5-8H2,(H,17,20)(H,18,19). The SMILES string of the molecule is O=C(O)CC1(CNC(=O)c2cccc(F)c2Cl)CCC1. The van der Waals surface area contributed by atoms with E-state index in [4.69, 9.17) is 16.7 Å². The van der Waals surface area contributed by atoms with Crippen LogP contribution in [0.25, 0.3) is 0 Å². The van der Waals surface area contributed by atoms with Gasteiger partial charge >= 0.3 is 5.97 Å². The van der Waals surface area contributed by atoms with Gasteiger partial charge in [-0.3, -0.25) is 9.59 Å². The van der Waals surface area contributed by atoms with Gasteiger partial charge in [-0.15, -0.1) is 0 Å². The van der Waals surface area contributed by atoms with Gasteiger partial charge in [0.05, 0.1) is 17.0 Å². The van der Waals surface area contributed by atoms with E-state index in [9.17, 15) is 14.0 Å². The molecule has 1 amide bonds. The molecule has 0 saturated heterocycles. The van der Waals surface area contributed by atoms with Gasteiger partial charge in [-0.05, 0) is 30.4 Å². The number of rotatable bonds is 5. The summed E-state index contributed by atoms with van der Waals surface area (Å²) in [5.74, 6) is -2.00. The molecular formula is C14H15ClFNO3. The molecule has 4 nitrogen and oxygen atoms in total. The molecule has 0 aliphatic heterocycles. The van der Waals surface area contributed by atoms with E-state index in [2.05, 4.69) is 5.32 Å². The fourth-order valence-corrected chi connectivity index (χ4v) is 2.67. The van der Waals surface area contributed by atoms with Crippen molar-refractivity contribution in [2.75, 3.05) is 6.54 Å². The lowest BCUT2D eigenvalue weighted by Crippen LogP contribution is -2.43. The van der Waals surface area contributed by atoms with Crippen molar-refractivity contribution in [2.45, 2.75) is 25.7 Å². The molecule has 0 bridgehead atoms. The molecule has 1 fully saturated rings. The van der Waals surface area contributed by atoms with Crippen molar-refractivity contribution >= 4 is 23.5 Å². The van der Waals surface area contributed by atoms with Crippen LogP contribution < -0.4 is 5.32 Å². The first-order valence-electron chi connectivity index (χ1n) is 6.38. The van der Waals surface area contributed by atoms with Crippen LogP contribution in [0.15, 0.2) is 18.2 Å². The summed E-state index contributed by atoms with van der Waals surface area (Å²) >= 11 is 5.74. The van der Waals surface area contributed by atoms with Gasteiger partial charge in [0.2, 0.25) is 0 Å². The highest BCUT2D eigenvalue weighted by Gasteiger charge is 2.39. The monoisotopic (exact) mass is 299 g/mol. The molecule has 0 heterocycles. The van der Waals surface area contributed by atoms with Crippen molar-refractivity contribution in [3.8, 4) is 0 Å². The molecule has 1 saturated carbocycles. The first-order valence-corrected chi connectivity index (χ1v) is 6.75. The molecule has 0 atom stereocenters. The lowest BCUT2D eigenvalue weighted by atomic mass is 9.66. The molecule has 6 heteroatoms. The maximum atomic E-state index is 13.3. The zero-order chi connectivity index (χ0) is 14.8. The van der Waals surface area contributed by atoms with Gasteiger partial charge in [0.15, 0.2) is 0 Å². The minimum Gasteiger partial charge on any atom is -0.481 e. The molecule has 0 aromatic heterocycles. The molecule has 1 aromatic carbocycles. The van der Waals surface area contributed by atoms with E-state index < -0.39 is 17.7 Å². The molecule has 20 heavy (non-hydrogen) atoms. The van der Waals surface area contributed by atoms with Gasteiger partial charge in [0.1, 0.15) is 5.82 Å². The third kappa shape index (κ3) is 3.10. The Bertz CT molecular complexity index is 543. The Morgan fingerprint density at radius 1 is 1.40 bits per heavy atom. The Morgan fingerprint density at radius 3 is 2.65 bits per heavy atom. The lowest BCUT2D eigenvalue weighted by molar-refractivity contribution is -0.141. The Balaban J connectivity index is 2.01. The fraction of sp³-hybridized carbons (Fsp3) is 0.429. The van der Waals surface area contributed by atoms with Crippen molar-refractivity contribution in [1.29, 1.82) is 0 Å². The lowest BCUT2D eigenvalue weighted by Gasteiger charge is -2.40. The number of carbonyl (C=O) groups excluding carboxylic acids is 1. The van der Waals surface area contributed by atoms with Crippen molar-refractivity contribution in [3.05, 3.63) is 34.6 Å². The largest absolute Gasteiger partial charge is 0.481 e. The maximum Gasteiger partial charge on any atom is 0.303 e. The van der Waals surface area contributed by atoms with Gasteiger partial charge in [-0.1, -0.05) is 24.1 Å². The normalized spacial score (nSPS) is 16.3. The topological polar surface area (TPSA) is 66.4 Å². The van der Waals surface area contributed by atoms with Crippen LogP contribution in [0.5, 0.6) is 0 Å². The average Bonchev–Trinajstić information content (AvgIpc) is 2.35. The summed E-state index contributed by atoms with van der Waals surface area (Å²) in [5, 5.41) is 11.3. The number of halogens is 2. The third-order valence-corrected chi connectivity index (χ3v) is 4.14. The van der Waals surface area contributed by atoms with Gasteiger partial charge in [-0.2, -0.15) is 0 Å². The molecule has 0 unspecified atom stereocenters. The summed E-state index contributed by atoms with van der Waals surface area (Å²) in [5.41, 5.74) is -0.308. The number of hydrogen-bond acceptors (Lipinski definition) is 2. The van der Waals surface area contributed by atoms with E-state index in [0.717, 1.165) is 19.3 Å². The van der Waals surface area contributed by atoms with Gasteiger partial charge in [-0.25, -0.2) is 4.39 Å². The van der Waals surface area contributed by atoms with Crippen LogP contribution in [0.4, 0.5) is 4.39 Å². The van der Waals surface area contributed by atoms with Crippen LogP contribution in [-0.2, 0) is 4.79 Å². The first kappa shape index (κ1) is 14.8. The number of benzene rings is 1. The Labute approximate surface area is 120 Å². The van der Waals surface area contributed by atoms with E-state index >= 15 is 0 Å². The second-order valence-electron chi connectivity index (χ2n) is 5.21. The van der Waals surface area contributed by atoms with Gasteiger partial charge in [0, 0.05) is 6.54 Å². The van der Waals surface area contributed by atoms with E-state index in [-0.39, 0.29) is 29.0 Å². The smallest absolute Gasteiger partial charge is 0.303 e. The number of carboxylic acid groups (broad SMARTS) is 1. The molecular weight excluding hydrogens is 285 g/mol. The molecule has 108 valence electrons. The summed E-state index contributed by atoms with van der Waals surface area (Å²) in [6, 6.07) is 4.02. The average molecular weight is 300 g/mol. The van der Waals surface area contributed by atoms with Crippen molar-refractivity contribution in [1.82, 2.24) is 5.32 Å². The van der Waals surface area contributed by atoms with Gasteiger partial charge < -0.3 is 10.4 Å². The molecule has 1 aromatic rings. The van der Waals surface area contributed by atoms with Crippen LogP contribution in [-0.4, -0.2) is 23.5 Å². The van der Waals surface area contributed by atoms with Crippen molar-refractivity contribution < 1.29 is 19.1 Å². The van der Waals surface area contributed by atoms with E-state index in [1.807, 2.05) is 0 Å². The van der Waals surface area contributed by atoms with Crippen LogP contribution in [0.3, 0.4) is 0 Å². The van der Waals surface area contributed by atoms with Gasteiger partial charge in [0.25, 0.3) is 5.91 Å². The molecule has 2 N–H and O–H groups in total. The molecule has 2 rings (SSSR count). The summed E-state index contributed by atoms with van der Waals surface area (Å²) < 4.78 is 13.3. The molecule has 0 spiro atoms. The van der Waals surface area contributed by atoms with Crippen LogP contribution in [0, 0.1) is 11.2 Å². The molecule has 0 radical (unpaired) electrons. The second-order valence-corrected chi connectivity index (χ2v) is 5.59. The van der Waals surface area contributed by atoms with Crippen LogP contribution in [0.2, 0.25) is 5.02 Å². The second kappa shape index (κ2) is 5.79. The number of hydrogen-bond donors (Lipinski definition) is 2. The van der Waals surface area contributed by atoms with E-state index in [1.54, 1.807) is 0 Å². The Kier molecular flexibility index (Phi) is 4.28. The highest BCUT2D eigenvalue weighted by molar-refractivity contribution is 6.34. The fourth-order valence-electron chi connectivity index (χ4n) is 2.46. The number of aliphatic carboxylic acids is 1.